The molecule has 0 bridgehead atoms. The minimum atomic E-state index is 0.810. The Bertz CT molecular complexity index is 456. The number of hydrogen-bond donors (Lipinski definition) is 1. The predicted octanol–water partition coefficient (Wildman–Crippen LogP) is 4.02. The van der Waals surface area contributed by atoms with Crippen molar-refractivity contribution in [2.75, 3.05) is 30.4 Å². The summed E-state index contributed by atoms with van der Waals surface area (Å²) in [6, 6.07) is 1.95. The van der Waals surface area contributed by atoms with Crippen LogP contribution in [0.1, 0.15) is 51.9 Å². The summed E-state index contributed by atoms with van der Waals surface area (Å²) in [7, 11) is 2.06. The van der Waals surface area contributed by atoms with E-state index in [1.807, 2.05) is 12.3 Å². The fraction of sp³-hybridized carbons (Fsp3) is 0.647. The van der Waals surface area contributed by atoms with Crippen LogP contribution in [-0.2, 0) is 0 Å². The molecule has 0 aromatic carbocycles. The molecule has 0 amide bonds. The molecule has 1 N–H and O–H groups in total. The first-order chi connectivity index (χ1) is 10.3. The highest BCUT2D eigenvalue weighted by atomic mass is 15.2. The highest BCUT2D eigenvalue weighted by molar-refractivity contribution is 5.40. The summed E-state index contributed by atoms with van der Waals surface area (Å²) in [5.41, 5.74) is 1.60. The third kappa shape index (κ3) is 5.37. The number of unbranched alkanes of at least 4 members (excludes halogenated alkanes) is 1. The van der Waals surface area contributed by atoms with Crippen LogP contribution in [0.2, 0.25) is 0 Å². The van der Waals surface area contributed by atoms with Crippen molar-refractivity contribution in [3.05, 3.63) is 23.9 Å². The Labute approximate surface area is 128 Å². The quantitative estimate of drug-likeness (QED) is 0.734. The van der Waals surface area contributed by atoms with Crippen LogP contribution in [0.5, 0.6) is 0 Å². The van der Waals surface area contributed by atoms with Crippen LogP contribution in [0.15, 0.2) is 23.9 Å². The molecule has 1 heterocycles. The highest BCUT2D eigenvalue weighted by Gasteiger charge is 2.06. The first kappa shape index (κ1) is 15.8. The smallest absolute Gasteiger partial charge is 0.226 e. The summed E-state index contributed by atoms with van der Waals surface area (Å²) < 4.78 is 0. The predicted molar refractivity (Wildman–Crippen MR) is 89.9 cm³/mol. The van der Waals surface area contributed by atoms with E-state index in [-0.39, 0.29) is 0 Å². The largest absolute Gasteiger partial charge is 0.370 e. The Morgan fingerprint density at radius 2 is 2.24 bits per heavy atom. The van der Waals surface area contributed by atoms with Crippen LogP contribution in [0.25, 0.3) is 0 Å². The number of allylic oxidation sites excluding steroid dienone is 1. The van der Waals surface area contributed by atoms with Gasteiger partial charge >= 0.3 is 0 Å². The standard InChI is InChI=1S/C17H28N4/c1-3-4-14-21(2)17-19-13-11-16(20-17)18-12-10-15-8-6-5-7-9-15/h8,11,13H,3-7,9-10,12,14H2,1-2H3,(H,18,19,20). The molecule has 0 spiro atoms. The summed E-state index contributed by atoms with van der Waals surface area (Å²) in [5, 5.41) is 3.42. The van der Waals surface area contributed by atoms with Crippen LogP contribution in [0, 0.1) is 0 Å². The van der Waals surface area contributed by atoms with Gasteiger partial charge in [0.1, 0.15) is 5.82 Å². The second-order valence-corrected chi connectivity index (χ2v) is 5.80. The van der Waals surface area contributed by atoms with Crippen molar-refractivity contribution < 1.29 is 0 Å². The van der Waals surface area contributed by atoms with Gasteiger partial charge in [0.2, 0.25) is 5.95 Å². The number of anilines is 2. The Morgan fingerprint density at radius 1 is 1.33 bits per heavy atom. The molecule has 0 radical (unpaired) electrons. The second-order valence-electron chi connectivity index (χ2n) is 5.80. The van der Waals surface area contributed by atoms with Gasteiger partial charge in [-0.3, -0.25) is 0 Å². The van der Waals surface area contributed by atoms with E-state index in [9.17, 15) is 0 Å². The molecular formula is C17H28N4. The number of aromatic nitrogens is 2. The van der Waals surface area contributed by atoms with Gasteiger partial charge in [0.25, 0.3) is 0 Å². The van der Waals surface area contributed by atoms with Crippen molar-refractivity contribution in [2.45, 2.75) is 51.9 Å². The lowest BCUT2D eigenvalue weighted by molar-refractivity contribution is 0.679. The average Bonchev–Trinajstić information content (AvgIpc) is 2.54. The highest BCUT2D eigenvalue weighted by Crippen LogP contribution is 2.20. The number of hydrogen-bond acceptors (Lipinski definition) is 4. The zero-order valence-corrected chi connectivity index (χ0v) is 13.4. The van der Waals surface area contributed by atoms with Crippen LogP contribution in [0.3, 0.4) is 0 Å². The molecule has 116 valence electrons. The van der Waals surface area contributed by atoms with Gasteiger partial charge in [-0.2, -0.15) is 4.98 Å². The van der Waals surface area contributed by atoms with Crippen LogP contribution >= 0.6 is 0 Å². The summed E-state index contributed by atoms with van der Waals surface area (Å²) in [4.78, 5) is 11.1. The zero-order chi connectivity index (χ0) is 14.9. The van der Waals surface area contributed by atoms with Gasteiger partial charge in [0.15, 0.2) is 0 Å². The minimum absolute atomic E-state index is 0.810. The van der Waals surface area contributed by atoms with Crippen LogP contribution < -0.4 is 10.2 Å². The van der Waals surface area contributed by atoms with Gasteiger partial charge in [-0.25, -0.2) is 4.98 Å². The Kier molecular flexibility index (Phi) is 6.51. The van der Waals surface area contributed by atoms with Crippen molar-refractivity contribution in [1.82, 2.24) is 9.97 Å². The summed E-state index contributed by atoms with van der Waals surface area (Å²) in [6.45, 7) is 4.17. The van der Waals surface area contributed by atoms with Crippen LogP contribution in [0.4, 0.5) is 11.8 Å². The maximum atomic E-state index is 4.59. The molecule has 1 aromatic heterocycles. The molecule has 4 heteroatoms. The molecule has 0 atom stereocenters. The second kappa shape index (κ2) is 8.65. The van der Waals surface area contributed by atoms with Gasteiger partial charge in [-0.15, -0.1) is 0 Å². The molecule has 0 unspecified atom stereocenters. The van der Waals surface area contributed by atoms with Gasteiger partial charge in [-0.1, -0.05) is 25.0 Å². The first-order valence-corrected chi connectivity index (χ1v) is 8.25. The normalized spacial score (nSPS) is 14.7. The maximum absolute atomic E-state index is 4.59. The van der Waals surface area contributed by atoms with Gasteiger partial charge < -0.3 is 10.2 Å². The van der Waals surface area contributed by atoms with Gasteiger partial charge in [0.05, 0.1) is 0 Å². The number of rotatable bonds is 8. The van der Waals surface area contributed by atoms with Gasteiger partial charge in [0, 0.05) is 26.3 Å². The molecule has 21 heavy (non-hydrogen) atoms. The zero-order valence-electron chi connectivity index (χ0n) is 13.4. The third-order valence-electron chi connectivity index (χ3n) is 3.97. The fourth-order valence-electron chi connectivity index (χ4n) is 2.61. The molecule has 0 saturated carbocycles. The topological polar surface area (TPSA) is 41.1 Å². The van der Waals surface area contributed by atoms with E-state index in [1.54, 1.807) is 5.57 Å². The van der Waals surface area contributed by atoms with Crippen molar-refractivity contribution >= 4 is 11.8 Å². The molecule has 0 saturated heterocycles. The van der Waals surface area contributed by atoms with Crippen molar-refractivity contribution in [3.8, 4) is 0 Å². The number of nitrogens with zero attached hydrogens (tertiary/aromatic N) is 3. The van der Waals surface area contributed by atoms with E-state index < -0.39 is 0 Å². The SMILES string of the molecule is CCCCN(C)c1nccc(NCCC2=CCCCC2)n1. The summed E-state index contributed by atoms with van der Waals surface area (Å²) >= 11 is 0. The van der Waals surface area contributed by atoms with E-state index in [0.29, 0.717) is 0 Å². The monoisotopic (exact) mass is 288 g/mol. The third-order valence-corrected chi connectivity index (χ3v) is 3.97. The summed E-state index contributed by atoms with van der Waals surface area (Å²) in [6.07, 6.45) is 13.0. The van der Waals surface area contributed by atoms with E-state index in [1.165, 1.54) is 38.5 Å². The number of nitrogens with one attached hydrogen (secondary N) is 1. The lowest BCUT2D eigenvalue weighted by atomic mass is 9.97. The van der Waals surface area contributed by atoms with E-state index in [2.05, 4.69) is 40.2 Å². The maximum Gasteiger partial charge on any atom is 0.226 e. The van der Waals surface area contributed by atoms with Crippen LogP contribution in [-0.4, -0.2) is 30.1 Å². The Balaban J connectivity index is 1.81. The van der Waals surface area contributed by atoms with E-state index in [4.69, 9.17) is 0 Å². The Morgan fingerprint density at radius 3 is 3.00 bits per heavy atom. The molecule has 1 aliphatic rings. The first-order valence-electron chi connectivity index (χ1n) is 8.25. The van der Waals surface area contributed by atoms with Crippen molar-refractivity contribution in [3.63, 3.8) is 0 Å². The molecule has 1 aromatic rings. The van der Waals surface area contributed by atoms with Gasteiger partial charge in [-0.05, 0) is 44.6 Å². The summed E-state index contributed by atoms with van der Waals surface area (Å²) in [5.74, 6) is 1.74. The fourth-order valence-corrected chi connectivity index (χ4v) is 2.61. The molecule has 0 aliphatic heterocycles. The van der Waals surface area contributed by atoms with E-state index >= 15 is 0 Å². The minimum Gasteiger partial charge on any atom is -0.370 e. The average molecular weight is 288 g/mol. The molecule has 1 aliphatic carbocycles. The van der Waals surface area contributed by atoms with Crippen molar-refractivity contribution in [1.29, 1.82) is 0 Å². The van der Waals surface area contributed by atoms with E-state index in [0.717, 1.165) is 31.3 Å². The molecular weight excluding hydrogens is 260 g/mol. The Hall–Kier alpha value is -1.58. The molecule has 2 rings (SSSR count). The lowest BCUT2D eigenvalue weighted by Gasteiger charge is -2.17. The molecule has 4 nitrogen and oxygen atoms in total. The lowest BCUT2D eigenvalue weighted by Crippen LogP contribution is -2.21. The molecule has 0 fully saturated rings. The van der Waals surface area contributed by atoms with Crippen molar-refractivity contribution in [2.24, 2.45) is 0 Å².